The molecule has 1 rings (SSSR count). The molecule has 0 amide bonds. The van der Waals surface area contributed by atoms with Crippen molar-refractivity contribution in [3.63, 3.8) is 0 Å². The van der Waals surface area contributed by atoms with Gasteiger partial charge in [-0.3, -0.25) is 0 Å². The highest BCUT2D eigenvalue weighted by Crippen LogP contribution is 2.19. The zero-order valence-electron chi connectivity index (χ0n) is 10.0. The van der Waals surface area contributed by atoms with Gasteiger partial charge in [0.25, 0.3) is 0 Å². The number of nitrogens with one attached hydrogen (secondary N) is 1. The molecule has 0 aliphatic carbocycles. The Balaban J connectivity index is 2.72. The van der Waals surface area contributed by atoms with E-state index in [2.05, 4.69) is 25.2 Å². The van der Waals surface area contributed by atoms with E-state index in [4.69, 9.17) is 10.00 Å². The van der Waals surface area contributed by atoms with Gasteiger partial charge in [0.1, 0.15) is 11.8 Å². The molecule has 1 atom stereocenters. The van der Waals surface area contributed by atoms with Crippen LogP contribution in [-0.2, 0) is 6.54 Å². The van der Waals surface area contributed by atoms with Crippen LogP contribution < -0.4 is 10.1 Å². The largest absolute Gasteiger partial charge is 0.476 e. The van der Waals surface area contributed by atoms with E-state index >= 15 is 0 Å². The number of nitriles is 1. The van der Waals surface area contributed by atoms with Crippen LogP contribution in [0.4, 0.5) is 0 Å². The van der Waals surface area contributed by atoms with Crippen molar-refractivity contribution >= 4 is 0 Å². The zero-order chi connectivity index (χ0) is 12.0. The third-order valence-electron chi connectivity index (χ3n) is 2.16. The van der Waals surface area contributed by atoms with Gasteiger partial charge in [-0.25, -0.2) is 0 Å². The van der Waals surface area contributed by atoms with Gasteiger partial charge in [0.2, 0.25) is 0 Å². The maximum absolute atomic E-state index is 8.71. The fourth-order valence-corrected chi connectivity index (χ4v) is 1.30. The molecule has 0 aliphatic heterocycles. The summed E-state index contributed by atoms with van der Waals surface area (Å²) in [7, 11) is 0. The van der Waals surface area contributed by atoms with E-state index in [-0.39, 0.29) is 0 Å². The summed E-state index contributed by atoms with van der Waals surface area (Å²) in [4.78, 5) is 0. The number of hydrogen-bond acceptors (Lipinski definition) is 3. The predicted molar refractivity (Wildman–Crippen MR) is 64.1 cm³/mol. The van der Waals surface area contributed by atoms with Gasteiger partial charge >= 0.3 is 0 Å². The molecular formula is C13H18N2O. The molecule has 16 heavy (non-hydrogen) atoms. The van der Waals surface area contributed by atoms with Crippen LogP contribution in [0.3, 0.4) is 0 Å². The Hall–Kier alpha value is -1.53. The molecule has 1 aromatic carbocycles. The van der Waals surface area contributed by atoms with E-state index in [1.165, 1.54) is 0 Å². The van der Waals surface area contributed by atoms with E-state index in [0.29, 0.717) is 6.04 Å². The van der Waals surface area contributed by atoms with Crippen LogP contribution in [-0.4, -0.2) is 12.1 Å². The highest BCUT2D eigenvalue weighted by Gasteiger charge is 2.06. The summed E-state index contributed by atoms with van der Waals surface area (Å²) in [5.74, 6) is 0.782. The van der Waals surface area contributed by atoms with Gasteiger partial charge in [-0.1, -0.05) is 32.0 Å². The summed E-state index contributed by atoms with van der Waals surface area (Å²) in [5.41, 5.74) is 1.08. The monoisotopic (exact) mass is 218 g/mol. The van der Waals surface area contributed by atoms with Gasteiger partial charge in [-0.05, 0) is 13.0 Å². The first-order valence-corrected chi connectivity index (χ1v) is 5.51. The first-order valence-electron chi connectivity index (χ1n) is 5.51. The van der Waals surface area contributed by atoms with Crippen LogP contribution >= 0.6 is 0 Å². The lowest BCUT2D eigenvalue weighted by Crippen LogP contribution is -2.22. The van der Waals surface area contributed by atoms with E-state index in [1.807, 2.05) is 24.3 Å². The number of benzene rings is 1. The van der Waals surface area contributed by atoms with Gasteiger partial charge in [0, 0.05) is 18.2 Å². The first kappa shape index (κ1) is 12.5. The lowest BCUT2D eigenvalue weighted by Gasteiger charge is -2.14. The van der Waals surface area contributed by atoms with Crippen LogP contribution in [0.1, 0.15) is 26.3 Å². The fourth-order valence-electron chi connectivity index (χ4n) is 1.30. The molecule has 0 aliphatic rings. The molecule has 0 heterocycles. The minimum Gasteiger partial charge on any atom is -0.476 e. The second kappa shape index (κ2) is 6.14. The Morgan fingerprint density at radius 3 is 2.62 bits per heavy atom. The van der Waals surface area contributed by atoms with E-state index < -0.39 is 6.10 Å². The second-order valence-electron chi connectivity index (χ2n) is 4.03. The van der Waals surface area contributed by atoms with Crippen molar-refractivity contribution in [2.45, 2.75) is 39.5 Å². The van der Waals surface area contributed by atoms with E-state index in [1.54, 1.807) is 6.92 Å². The van der Waals surface area contributed by atoms with Crippen molar-refractivity contribution in [2.75, 3.05) is 0 Å². The third kappa shape index (κ3) is 3.92. The molecule has 0 aromatic heterocycles. The molecule has 1 aromatic rings. The van der Waals surface area contributed by atoms with Crippen LogP contribution in [0.2, 0.25) is 0 Å². The zero-order valence-corrected chi connectivity index (χ0v) is 10.0. The molecule has 3 nitrogen and oxygen atoms in total. The normalized spacial score (nSPS) is 12.2. The van der Waals surface area contributed by atoms with Gasteiger partial charge < -0.3 is 10.1 Å². The van der Waals surface area contributed by atoms with Crippen molar-refractivity contribution < 1.29 is 4.74 Å². The molecule has 1 unspecified atom stereocenters. The average molecular weight is 218 g/mol. The maximum Gasteiger partial charge on any atom is 0.181 e. The number of para-hydroxylation sites is 1. The first-order chi connectivity index (χ1) is 7.63. The highest BCUT2D eigenvalue weighted by atomic mass is 16.5. The SMILES string of the molecule is CC(C)NCc1ccccc1OC(C)C#N. The van der Waals surface area contributed by atoms with Crippen molar-refractivity contribution in [1.29, 1.82) is 5.26 Å². The molecule has 0 saturated carbocycles. The van der Waals surface area contributed by atoms with Gasteiger partial charge in [0.15, 0.2) is 6.10 Å². The third-order valence-corrected chi connectivity index (χ3v) is 2.16. The van der Waals surface area contributed by atoms with Gasteiger partial charge in [-0.15, -0.1) is 0 Å². The van der Waals surface area contributed by atoms with Crippen LogP contribution in [0.15, 0.2) is 24.3 Å². The molecule has 86 valence electrons. The molecular weight excluding hydrogens is 200 g/mol. The van der Waals surface area contributed by atoms with Crippen molar-refractivity contribution in [3.8, 4) is 11.8 Å². The Morgan fingerprint density at radius 1 is 1.31 bits per heavy atom. The Kier molecular flexibility index (Phi) is 4.81. The van der Waals surface area contributed by atoms with Gasteiger partial charge in [0.05, 0.1) is 0 Å². The molecule has 1 N–H and O–H groups in total. The van der Waals surface area contributed by atoms with Crippen LogP contribution in [0, 0.1) is 11.3 Å². The summed E-state index contributed by atoms with van der Waals surface area (Å²) < 4.78 is 5.53. The van der Waals surface area contributed by atoms with E-state index in [9.17, 15) is 0 Å². The molecule has 0 fully saturated rings. The minimum absolute atomic E-state index is 0.416. The minimum atomic E-state index is -0.416. The number of rotatable bonds is 5. The van der Waals surface area contributed by atoms with Crippen molar-refractivity contribution in [1.82, 2.24) is 5.32 Å². The van der Waals surface area contributed by atoms with Crippen LogP contribution in [0.25, 0.3) is 0 Å². The van der Waals surface area contributed by atoms with Gasteiger partial charge in [-0.2, -0.15) is 5.26 Å². The smallest absolute Gasteiger partial charge is 0.181 e. The lowest BCUT2D eigenvalue weighted by atomic mass is 10.2. The average Bonchev–Trinajstić information content (AvgIpc) is 2.27. The number of nitrogens with zero attached hydrogens (tertiary/aromatic N) is 1. The summed E-state index contributed by atoms with van der Waals surface area (Å²) in [5, 5.41) is 12.0. The summed E-state index contributed by atoms with van der Waals surface area (Å²) in [6.07, 6.45) is -0.416. The predicted octanol–water partition coefficient (Wildman–Crippen LogP) is 2.48. The summed E-state index contributed by atoms with van der Waals surface area (Å²) >= 11 is 0. The Labute approximate surface area is 97.0 Å². The number of hydrogen-bond donors (Lipinski definition) is 1. The number of ether oxygens (including phenoxy) is 1. The molecule has 0 spiro atoms. The molecule has 0 saturated heterocycles. The second-order valence-corrected chi connectivity index (χ2v) is 4.03. The quantitative estimate of drug-likeness (QED) is 0.825. The lowest BCUT2D eigenvalue weighted by molar-refractivity contribution is 0.273. The molecule has 0 radical (unpaired) electrons. The standard InChI is InChI=1S/C13H18N2O/c1-10(2)15-9-12-6-4-5-7-13(12)16-11(3)8-14/h4-7,10-11,15H,9H2,1-3H3. The highest BCUT2D eigenvalue weighted by molar-refractivity contribution is 5.33. The molecule has 3 heteroatoms. The Morgan fingerprint density at radius 2 is 2.00 bits per heavy atom. The fraction of sp³-hybridized carbons (Fsp3) is 0.462. The Bertz CT molecular complexity index is 368. The maximum atomic E-state index is 8.71. The van der Waals surface area contributed by atoms with Crippen molar-refractivity contribution in [3.05, 3.63) is 29.8 Å². The summed E-state index contributed by atoms with van der Waals surface area (Å²) in [6.45, 7) is 6.70. The summed E-state index contributed by atoms with van der Waals surface area (Å²) in [6, 6.07) is 10.3. The van der Waals surface area contributed by atoms with Crippen LogP contribution in [0.5, 0.6) is 5.75 Å². The van der Waals surface area contributed by atoms with Crippen molar-refractivity contribution in [2.24, 2.45) is 0 Å². The molecule has 0 bridgehead atoms. The van der Waals surface area contributed by atoms with E-state index in [0.717, 1.165) is 17.9 Å². The topological polar surface area (TPSA) is 45.0 Å².